The summed E-state index contributed by atoms with van der Waals surface area (Å²) in [4.78, 5) is 2.40. The van der Waals surface area contributed by atoms with Crippen molar-refractivity contribution in [2.45, 2.75) is 39.7 Å². The number of hydrogen-bond donors (Lipinski definition) is 1. The lowest BCUT2D eigenvalue weighted by molar-refractivity contribution is 0.169. The number of hydrogen-bond acceptors (Lipinski definition) is 4. The van der Waals surface area contributed by atoms with Crippen LogP contribution in [0.3, 0.4) is 0 Å². The third-order valence-corrected chi connectivity index (χ3v) is 5.78. The molecule has 0 aliphatic carbocycles. The topological polar surface area (TPSA) is 49.4 Å². The first-order valence-electron chi connectivity index (χ1n) is 7.14. The molecule has 1 heterocycles. The van der Waals surface area contributed by atoms with Crippen LogP contribution in [0, 0.1) is 5.92 Å². The predicted octanol–water partition coefficient (Wildman–Crippen LogP) is 1.13. The summed E-state index contributed by atoms with van der Waals surface area (Å²) in [5.41, 5.74) is 0. The molecule has 0 saturated carbocycles. The Hall–Kier alpha value is -0.130. The second kappa shape index (κ2) is 7.46. The van der Waals surface area contributed by atoms with E-state index in [0.717, 1.165) is 32.6 Å². The van der Waals surface area contributed by atoms with E-state index in [9.17, 15) is 8.42 Å². The Labute approximate surface area is 112 Å². The third kappa shape index (κ3) is 5.24. The number of sulfone groups is 1. The van der Waals surface area contributed by atoms with E-state index in [1.165, 1.54) is 6.42 Å². The molecule has 1 aliphatic heterocycles. The van der Waals surface area contributed by atoms with Gasteiger partial charge in [-0.15, -0.1) is 0 Å². The van der Waals surface area contributed by atoms with Crippen LogP contribution in [0.5, 0.6) is 0 Å². The largest absolute Gasteiger partial charge is 0.311 e. The summed E-state index contributed by atoms with van der Waals surface area (Å²) < 4.78 is 22.9. The van der Waals surface area contributed by atoms with Crippen molar-refractivity contribution in [3.05, 3.63) is 0 Å². The van der Waals surface area contributed by atoms with Gasteiger partial charge in [0, 0.05) is 31.4 Å². The van der Waals surface area contributed by atoms with Gasteiger partial charge in [-0.25, -0.2) is 8.42 Å². The summed E-state index contributed by atoms with van der Waals surface area (Å²) in [5, 5.41) is 3.56. The fraction of sp³-hybridized carbons (Fsp3) is 1.00. The number of nitrogens with zero attached hydrogens (tertiary/aromatic N) is 1. The van der Waals surface area contributed by atoms with Gasteiger partial charge in [0.1, 0.15) is 9.84 Å². The van der Waals surface area contributed by atoms with Crippen LogP contribution in [-0.4, -0.2) is 57.0 Å². The van der Waals surface area contributed by atoms with Gasteiger partial charge in [-0.05, 0) is 18.9 Å². The third-order valence-electron chi connectivity index (χ3n) is 3.99. The molecule has 1 saturated heterocycles. The molecular weight excluding hydrogens is 248 g/mol. The van der Waals surface area contributed by atoms with Gasteiger partial charge < -0.3 is 10.2 Å². The van der Waals surface area contributed by atoms with E-state index in [0.29, 0.717) is 17.7 Å². The maximum Gasteiger partial charge on any atom is 0.150 e. The van der Waals surface area contributed by atoms with Gasteiger partial charge in [-0.2, -0.15) is 0 Å². The smallest absolute Gasteiger partial charge is 0.150 e. The Morgan fingerprint density at radius 2 is 2.11 bits per heavy atom. The zero-order chi connectivity index (χ0) is 13.6. The summed E-state index contributed by atoms with van der Waals surface area (Å²) in [6.45, 7) is 10.3. The van der Waals surface area contributed by atoms with Crippen molar-refractivity contribution in [1.82, 2.24) is 10.2 Å². The molecule has 0 spiro atoms. The first-order valence-corrected chi connectivity index (χ1v) is 8.96. The fourth-order valence-electron chi connectivity index (χ4n) is 2.36. The van der Waals surface area contributed by atoms with Crippen LogP contribution in [-0.2, 0) is 9.84 Å². The molecule has 0 amide bonds. The van der Waals surface area contributed by atoms with Gasteiger partial charge in [0.2, 0.25) is 0 Å². The lowest BCUT2D eigenvalue weighted by Crippen LogP contribution is -2.53. The zero-order valence-corrected chi connectivity index (χ0v) is 12.8. The van der Waals surface area contributed by atoms with E-state index >= 15 is 0 Å². The first-order chi connectivity index (χ1) is 8.48. The number of rotatable bonds is 7. The summed E-state index contributed by atoms with van der Waals surface area (Å²) in [6, 6.07) is 0.562. The normalized spacial score (nSPS) is 24.1. The molecule has 4 nitrogen and oxygen atoms in total. The van der Waals surface area contributed by atoms with E-state index in [1.807, 2.05) is 0 Å². The Balaban J connectivity index is 2.30. The highest BCUT2D eigenvalue weighted by Crippen LogP contribution is 2.12. The van der Waals surface area contributed by atoms with Crippen LogP contribution >= 0.6 is 0 Å². The molecule has 1 N–H and O–H groups in total. The highest BCUT2D eigenvalue weighted by atomic mass is 32.2. The van der Waals surface area contributed by atoms with Crippen LogP contribution in [0.4, 0.5) is 0 Å². The van der Waals surface area contributed by atoms with Crippen molar-refractivity contribution in [2.24, 2.45) is 5.92 Å². The maximum absolute atomic E-state index is 11.4. The number of nitrogens with one attached hydrogen (secondary N) is 1. The molecule has 2 atom stereocenters. The molecule has 0 aromatic heterocycles. The van der Waals surface area contributed by atoms with E-state index in [2.05, 4.69) is 24.1 Å². The second-order valence-corrected chi connectivity index (χ2v) is 7.81. The second-order valence-electron chi connectivity index (χ2n) is 5.34. The first kappa shape index (κ1) is 15.9. The van der Waals surface area contributed by atoms with Crippen molar-refractivity contribution in [1.29, 1.82) is 0 Å². The molecular formula is C13H28N2O2S. The van der Waals surface area contributed by atoms with Crippen LogP contribution in [0.1, 0.15) is 33.6 Å². The van der Waals surface area contributed by atoms with Gasteiger partial charge >= 0.3 is 0 Å². The van der Waals surface area contributed by atoms with E-state index < -0.39 is 9.84 Å². The molecule has 1 fully saturated rings. The molecule has 1 aliphatic rings. The van der Waals surface area contributed by atoms with E-state index in [-0.39, 0.29) is 5.75 Å². The van der Waals surface area contributed by atoms with Crippen LogP contribution in [0.15, 0.2) is 0 Å². The zero-order valence-electron chi connectivity index (χ0n) is 12.0. The minimum absolute atomic E-state index is 0.268. The Kier molecular flexibility index (Phi) is 6.60. The average Bonchev–Trinajstić information content (AvgIpc) is 2.38. The summed E-state index contributed by atoms with van der Waals surface area (Å²) in [6.07, 6.45) is 1.96. The Morgan fingerprint density at radius 1 is 1.39 bits per heavy atom. The minimum atomic E-state index is -2.80. The highest BCUT2D eigenvalue weighted by molar-refractivity contribution is 7.91. The summed E-state index contributed by atoms with van der Waals surface area (Å²) >= 11 is 0. The van der Waals surface area contributed by atoms with Crippen molar-refractivity contribution < 1.29 is 8.42 Å². The molecule has 0 aromatic rings. The Morgan fingerprint density at radius 3 is 2.72 bits per heavy atom. The average molecular weight is 276 g/mol. The van der Waals surface area contributed by atoms with Crippen molar-refractivity contribution in [2.75, 3.05) is 37.7 Å². The highest BCUT2D eigenvalue weighted by Gasteiger charge is 2.22. The standard InChI is InChI=1S/C13H28N2O2S/c1-4-12(3)13-11-15(9-7-14-13)8-6-10-18(16,17)5-2/h12-14H,4-11H2,1-3H3. The monoisotopic (exact) mass is 276 g/mol. The number of piperazine rings is 1. The van der Waals surface area contributed by atoms with Crippen LogP contribution < -0.4 is 5.32 Å². The molecule has 18 heavy (non-hydrogen) atoms. The van der Waals surface area contributed by atoms with E-state index in [4.69, 9.17) is 0 Å². The van der Waals surface area contributed by atoms with E-state index in [1.54, 1.807) is 6.92 Å². The lowest BCUT2D eigenvalue weighted by atomic mass is 9.97. The van der Waals surface area contributed by atoms with Gasteiger partial charge in [0.25, 0.3) is 0 Å². The van der Waals surface area contributed by atoms with Gasteiger partial charge in [0.05, 0.1) is 5.75 Å². The van der Waals surface area contributed by atoms with Crippen LogP contribution in [0.25, 0.3) is 0 Å². The minimum Gasteiger partial charge on any atom is -0.311 e. The quantitative estimate of drug-likeness (QED) is 0.757. The van der Waals surface area contributed by atoms with Crippen molar-refractivity contribution >= 4 is 9.84 Å². The molecule has 0 aromatic carbocycles. The van der Waals surface area contributed by atoms with Gasteiger partial charge in [0.15, 0.2) is 0 Å². The molecule has 108 valence electrons. The molecule has 2 unspecified atom stereocenters. The van der Waals surface area contributed by atoms with Crippen LogP contribution in [0.2, 0.25) is 0 Å². The predicted molar refractivity (Wildman–Crippen MR) is 76.6 cm³/mol. The molecule has 1 rings (SSSR count). The van der Waals surface area contributed by atoms with Crippen molar-refractivity contribution in [3.63, 3.8) is 0 Å². The molecule has 0 radical (unpaired) electrons. The Bertz CT molecular complexity index is 330. The SMILES string of the molecule is CCC(C)C1CN(CCCS(=O)(=O)CC)CCN1. The molecule has 0 bridgehead atoms. The molecule has 5 heteroatoms. The maximum atomic E-state index is 11.4. The van der Waals surface area contributed by atoms with Gasteiger partial charge in [-0.1, -0.05) is 27.2 Å². The lowest BCUT2D eigenvalue weighted by Gasteiger charge is -2.36. The van der Waals surface area contributed by atoms with Crippen molar-refractivity contribution in [3.8, 4) is 0 Å². The summed E-state index contributed by atoms with van der Waals surface area (Å²) in [5.74, 6) is 1.29. The summed E-state index contributed by atoms with van der Waals surface area (Å²) in [7, 11) is -2.80. The fourth-order valence-corrected chi connectivity index (χ4v) is 3.22. The van der Waals surface area contributed by atoms with Gasteiger partial charge in [-0.3, -0.25) is 0 Å².